The van der Waals surface area contributed by atoms with Gasteiger partial charge < -0.3 is 14.8 Å². The summed E-state index contributed by atoms with van der Waals surface area (Å²) in [6.07, 6.45) is 1.42. The van der Waals surface area contributed by atoms with Gasteiger partial charge in [-0.2, -0.15) is 4.31 Å². The second kappa shape index (κ2) is 9.84. The number of benzene rings is 1. The quantitative estimate of drug-likeness (QED) is 0.711. The molecule has 1 N–H and O–H groups in total. The molecule has 0 spiro atoms. The van der Waals surface area contributed by atoms with Crippen molar-refractivity contribution in [3.8, 4) is 0 Å². The summed E-state index contributed by atoms with van der Waals surface area (Å²) in [6, 6.07) is 11.7. The van der Waals surface area contributed by atoms with Gasteiger partial charge >= 0.3 is 0 Å². The van der Waals surface area contributed by atoms with E-state index in [0.29, 0.717) is 38.7 Å². The first-order valence-electron chi connectivity index (χ1n) is 10.3. The Bertz CT molecular complexity index is 924. The van der Waals surface area contributed by atoms with Crippen LogP contribution < -0.4 is 5.32 Å². The Morgan fingerprint density at radius 1 is 0.900 bits per heavy atom. The van der Waals surface area contributed by atoms with Crippen molar-refractivity contribution in [1.29, 1.82) is 0 Å². The molecule has 2 aliphatic heterocycles. The van der Waals surface area contributed by atoms with Gasteiger partial charge in [0.25, 0.3) is 0 Å². The molecule has 0 bridgehead atoms. The summed E-state index contributed by atoms with van der Waals surface area (Å²) < 4.78 is 37.5. The average Bonchev–Trinajstić information content (AvgIpc) is 2.80. The van der Waals surface area contributed by atoms with Gasteiger partial charge in [0, 0.05) is 45.5 Å². The molecule has 162 valence electrons. The summed E-state index contributed by atoms with van der Waals surface area (Å²) in [7, 11) is -3.52. The lowest BCUT2D eigenvalue weighted by atomic mass is 10.1. The fourth-order valence-electron chi connectivity index (χ4n) is 3.64. The van der Waals surface area contributed by atoms with Gasteiger partial charge in [-0.1, -0.05) is 24.3 Å². The van der Waals surface area contributed by atoms with Crippen LogP contribution in [0.2, 0.25) is 0 Å². The lowest BCUT2D eigenvalue weighted by Crippen LogP contribution is -2.40. The van der Waals surface area contributed by atoms with Crippen LogP contribution in [0.4, 0.5) is 5.82 Å². The Kier molecular flexibility index (Phi) is 6.96. The molecule has 9 heteroatoms. The van der Waals surface area contributed by atoms with Crippen molar-refractivity contribution in [2.75, 3.05) is 57.9 Å². The van der Waals surface area contributed by atoms with E-state index >= 15 is 0 Å². The fraction of sp³-hybridized carbons (Fsp3) is 0.476. The molecule has 0 amide bonds. The molecular formula is C21H28N4O4S. The van der Waals surface area contributed by atoms with Crippen LogP contribution in [0.1, 0.15) is 11.1 Å². The van der Waals surface area contributed by atoms with E-state index in [1.807, 2.05) is 6.07 Å². The third kappa shape index (κ3) is 5.16. The average molecular weight is 433 g/mol. The highest BCUT2D eigenvalue weighted by atomic mass is 32.2. The standard InChI is InChI=1S/C21H28N4O4S/c26-30(27,25-9-13-29-14-10-25)20-5-6-21(23-16-20)22-15-18-3-1-2-4-19(18)17-24-7-11-28-12-8-24/h1-6,16H,7-15,17H2,(H,22,23). The van der Waals surface area contributed by atoms with Gasteiger partial charge in [0.15, 0.2) is 0 Å². The van der Waals surface area contributed by atoms with Gasteiger partial charge in [0.2, 0.25) is 10.0 Å². The van der Waals surface area contributed by atoms with E-state index in [2.05, 4.69) is 33.4 Å². The molecule has 0 unspecified atom stereocenters. The molecule has 2 fully saturated rings. The number of nitrogens with one attached hydrogen (secondary N) is 1. The highest BCUT2D eigenvalue weighted by Gasteiger charge is 2.26. The van der Waals surface area contributed by atoms with E-state index in [1.165, 1.54) is 21.6 Å². The molecule has 8 nitrogen and oxygen atoms in total. The number of ether oxygens (including phenoxy) is 2. The van der Waals surface area contributed by atoms with Crippen molar-refractivity contribution in [1.82, 2.24) is 14.2 Å². The Hall–Kier alpha value is -2.04. The number of rotatable bonds is 7. The minimum Gasteiger partial charge on any atom is -0.379 e. The van der Waals surface area contributed by atoms with Gasteiger partial charge in [0.1, 0.15) is 10.7 Å². The predicted molar refractivity (Wildman–Crippen MR) is 114 cm³/mol. The van der Waals surface area contributed by atoms with Crippen LogP contribution in [0.3, 0.4) is 0 Å². The molecule has 2 saturated heterocycles. The van der Waals surface area contributed by atoms with E-state index < -0.39 is 10.0 Å². The number of morpholine rings is 2. The number of sulfonamides is 1. The molecule has 4 rings (SSSR count). The second-order valence-corrected chi connectivity index (χ2v) is 9.34. The number of pyridine rings is 1. The lowest BCUT2D eigenvalue weighted by Gasteiger charge is -2.27. The first-order valence-corrected chi connectivity index (χ1v) is 11.7. The van der Waals surface area contributed by atoms with Crippen LogP contribution >= 0.6 is 0 Å². The van der Waals surface area contributed by atoms with E-state index in [0.717, 1.165) is 32.8 Å². The van der Waals surface area contributed by atoms with Crippen LogP contribution in [-0.4, -0.2) is 75.2 Å². The van der Waals surface area contributed by atoms with Crippen molar-refractivity contribution in [3.05, 3.63) is 53.7 Å². The monoisotopic (exact) mass is 432 g/mol. The van der Waals surface area contributed by atoms with E-state index in [-0.39, 0.29) is 4.90 Å². The van der Waals surface area contributed by atoms with Crippen LogP contribution in [0.5, 0.6) is 0 Å². The molecular weight excluding hydrogens is 404 g/mol. The van der Waals surface area contributed by atoms with Gasteiger partial charge in [-0.3, -0.25) is 4.90 Å². The third-order valence-electron chi connectivity index (χ3n) is 5.42. The highest BCUT2D eigenvalue weighted by molar-refractivity contribution is 7.89. The smallest absolute Gasteiger partial charge is 0.244 e. The van der Waals surface area contributed by atoms with Crippen molar-refractivity contribution in [2.24, 2.45) is 0 Å². The summed E-state index contributed by atoms with van der Waals surface area (Å²) in [5, 5.41) is 3.31. The van der Waals surface area contributed by atoms with E-state index in [9.17, 15) is 8.42 Å². The maximum absolute atomic E-state index is 12.7. The predicted octanol–water partition coefficient (Wildman–Crippen LogP) is 1.55. The van der Waals surface area contributed by atoms with E-state index in [1.54, 1.807) is 12.1 Å². The zero-order valence-corrected chi connectivity index (χ0v) is 17.8. The number of hydrogen-bond acceptors (Lipinski definition) is 7. The molecule has 2 aromatic rings. The van der Waals surface area contributed by atoms with Crippen LogP contribution in [0, 0.1) is 0 Å². The van der Waals surface area contributed by atoms with Crippen LogP contribution in [-0.2, 0) is 32.6 Å². The zero-order chi connectivity index (χ0) is 20.8. The number of anilines is 1. The van der Waals surface area contributed by atoms with Gasteiger partial charge in [-0.05, 0) is 23.3 Å². The molecule has 0 atom stereocenters. The molecule has 3 heterocycles. The van der Waals surface area contributed by atoms with Crippen molar-refractivity contribution >= 4 is 15.8 Å². The molecule has 1 aromatic carbocycles. The van der Waals surface area contributed by atoms with Crippen molar-refractivity contribution < 1.29 is 17.9 Å². The Morgan fingerprint density at radius 3 is 2.23 bits per heavy atom. The maximum atomic E-state index is 12.7. The normalized spacial score (nSPS) is 18.9. The first-order chi connectivity index (χ1) is 14.6. The molecule has 0 aliphatic carbocycles. The molecule has 0 saturated carbocycles. The third-order valence-corrected chi connectivity index (χ3v) is 7.30. The second-order valence-electron chi connectivity index (χ2n) is 7.41. The van der Waals surface area contributed by atoms with Crippen molar-refractivity contribution in [2.45, 2.75) is 18.0 Å². The number of nitrogens with zero attached hydrogens (tertiary/aromatic N) is 3. The van der Waals surface area contributed by atoms with E-state index in [4.69, 9.17) is 9.47 Å². The number of aromatic nitrogens is 1. The Labute approximate surface area is 177 Å². The molecule has 30 heavy (non-hydrogen) atoms. The summed E-state index contributed by atoms with van der Waals surface area (Å²) in [4.78, 5) is 6.93. The first kappa shape index (κ1) is 21.2. The molecule has 1 aromatic heterocycles. The SMILES string of the molecule is O=S(=O)(c1ccc(NCc2ccccc2CN2CCOCC2)nc1)N1CCOCC1. The molecule has 2 aliphatic rings. The number of hydrogen-bond donors (Lipinski definition) is 1. The topological polar surface area (TPSA) is 84.0 Å². The van der Waals surface area contributed by atoms with Gasteiger partial charge in [-0.15, -0.1) is 0 Å². The summed E-state index contributed by atoms with van der Waals surface area (Å²) in [6.45, 7) is 6.59. The Balaban J connectivity index is 1.39. The fourth-order valence-corrected chi connectivity index (χ4v) is 5.00. The van der Waals surface area contributed by atoms with Gasteiger partial charge in [-0.25, -0.2) is 13.4 Å². The lowest BCUT2D eigenvalue weighted by molar-refractivity contribution is 0.0341. The molecule has 0 radical (unpaired) electrons. The minimum absolute atomic E-state index is 0.211. The van der Waals surface area contributed by atoms with Gasteiger partial charge in [0.05, 0.1) is 26.4 Å². The van der Waals surface area contributed by atoms with Crippen LogP contribution in [0.25, 0.3) is 0 Å². The Morgan fingerprint density at radius 2 is 1.57 bits per heavy atom. The summed E-state index contributed by atoms with van der Waals surface area (Å²) >= 11 is 0. The van der Waals surface area contributed by atoms with Crippen molar-refractivity contribution in [3.63, 3.8) is 0 Å². The minimum atomic E-state index is -3.52. The van der Waals surface area contributed by atoms with Crippen LogP contribution in [0.15, 0.2) is 47.5 Å². The highest BCUT2D eigenvalue weighted by Crippen LogP contribution is 2.19. The summed E-state index contributed by atoms with van der Waals surface area (Å²) in [5.74, 6) is 0.650. The largest absolute Gasteiger partial charge is 0.379 e. The zero-order valence-electron chi connectivity index (χ0n) is 17.0. The summed E-state index contributed by atoms with van der Waals surface area (Å²) in [5.41, 5.74) is 2.48. The maximum Gasteiger partial charge on any atom is 0.244 e.